The second-order valence-corrected chi connectivity index (χ2v) is 7.00. The van der Waals surface area contributed by atoms with E-state index in [4.69, 9.17) is 22.6 Å². The van der Waals surface area contributed by atoms with Crippen LogP contribution in [0.15, 0.2) is 35.5 Å². The molecule has 29 heavy (non-hydrogen) atoms. The van der Waals surface area contributed by atoms with Crippen molar-refractivity contribution in [1.29, 1.82) is 5.26 Å². The van der Waals surface area contributed by atoms with Crippen LogP contribution in [0.1, 0.15) is 34.1 Å². The molecule has 1 aromatic carbocycles. The molecule has 2 aromatic rings. The first-order chi connectivity index (χ1) is 13.6. The summed E-state index contributed by atoms with van der Waals surface area (Å²) < 4.78 is 48.0. The number of alkyl halides is 2. The summed E-state index contributed by atoms with van der Waals surface area (Å²) in [6.45, 7) is -0.00235. The maximum Gasteiger partial charge on any atom is 0.310 e. The molecule has 2 heterocycles. The molecule has 0 aliphatic carbocycles. The van der Waals surface area contributed by atoms with Gasteiger partial charge in [0.05, 0.1) is 10.6 Å². The minimum Gasteiger partial charge on any atom is -0.459 e. The second-order valence-electron chi connectivity index (χ2n) is 6.60. The molecule has 1 aromatic heterocycles. The van der Waals surface area contributed by atoms with E-state index >= 15 is 0 Å². The van der Waals surface area contributed by atoms with E-state index in [9.17, 15) is 18.0 Å². The fourth-order valence-corrected chi connectivity index (χ4v) is 3.20. The first kappa shape index (κ1) is 20.6. The Morgan fingerprint density at radius 1 is 1.41 bits per heavy atom. The highest BCUT2D eigenvalue weighted by Crippen LogP contribution is 2.44. The van der Waals surface area contributed by atoms with Crippen LogP contribution >= 0.6 is 11.6 Å². The number of amidine groups is 1. The van der Waals surface area contributed by atoms with Gasteiger partial charge in [-0.2, -0.15) is 14.0 Å². The number of ketones is 1. The molecule has 1 atom stereocenters. The molecule has 1 aliphatic rings. The number of rotatable bonds is 4. The lowest BCUT2D eigenvalue weighted by Gasteiger charge is -2.37. The lowest BCUT2D eigenvalue weighted by Crippen LogP contribution is -2.51. The smallest absolute Gasteiger partial charge is 0.310 e. The number of hydrogen-bond acceptors (Lipinski definition) is 6. The molecule has 6 nitrogen and oxygen atoms in total. The molecular formula is C19H14ClF3N4O2. The van der Waals surface area contributed by atoms with Gasteiger partial charge in [-0.25, -0.2) is 9.38 Å². The average molecular weight is 423 g/mol. The summed E-state index contributed by atoms with van der Waals surface area (Å²) in [5, 5.41) is 8.82. The number of benzene rings is 1. The molecule has 10 heteroatoms. The van der Waals surface area contributed by atoms with E-state index in [1.54, 1.807) is 0 Å². The minimum atomic E-state index is -3.53. The van der Waals surface area contributed by atoms with Gasteiger partial charge < -0.3 is 10.5 Å². The van der Waals surface area contributed by atoms with Crippen LogP contribution in [0.3, 0.4) is 0 Å². The first-order valence-corrected chi connectivity index (χ1v) is 8.69. The minimum absolute atomic E-state index is 0.0170. The number of hydrogen-bond donors (Lipinski definition) is 1. The molecule has 150 valence electrons. The summed E-state index contributed by atoms with van der Waals surface area (Å²) in [6.07, 6.45) is 0.916. The van der Waals surface area contributed by atoms with Crippen LogP contribution in [0.25, 0.3) is 0 Å². The van der Waals surface area contributed by atoms with E-state index in [0.29, 0.717) is 0 Å². The number of ether oxygens (including phenoxy) is 1. The molecule has 0 bridgehead atoms. The number of Topliss-reactive ketones (excluding diaryl/α,β-unsaturated/α-hetero) is 1. The molecule has 0 saturated heterocycles. The number of nitrogens with two attached hydrogens (primary N) is 1. The van der Waals surface area contributed by atoms with Gasteiger partial charge in [0.15, 0.2) is 17.9 Å². The highest BCUT2D eigenvalue weighted by molar-refractivity contribution is 6.33. The lowest BCUT2D eigenvalue weighted by molar-refractivity contribution is -0.117. The zero-order chi connectivity index (χ0) is 21.4. The summed E-state index contributed by atoms with van der Waals surface area (Å²) in [6, 6.07) is 6.07. The van der Waals surface area contributed by atoms with Crippen molar-refractivity contribution in [1.82, 2.24) is 4.98 Å². The van der Waals surface area contributed by atoms with Crippen LogP contribution in [0.4, 0.5) is 13.2 Å². The van der Waals surface area contributed by atoms with Gasteiger partial charge in [-0.05, 0) is 30.7 Å². The fraction of sp³-hybridized carbons (Fsp3) is 0.263. The standard InChI is InChI=1S/C19H14ClF3N4O2/c1-18(19(22,23)9-29-17(25)27-18)12-4-10(2-3-14(12)21)6-15(28)16-13(20)5-11(7-24)8-26-16/h2-5,8H,6,9H2,1H3,(H2,25,27)/t18-/m1/s1. The molecule has 0 fully saturated rings. The summed E-state index contributed by atoms with van der Waals surface area (Å²) in [7, 11) is 0. The zero-order valence-corrected chi connectivity index (χ0v) is 15.8. The van der Waals surface area contributed by atoms with Crippen molar-refractivity contribution in [3.05, 3.63) is 63.7 Å². The Morgan fingerprint density at radius 3 is 2.79 bits per heavy atom. The Balaban J connectivity index is 1.97. The summed E-state index contributed by atoms with van der Waals surface area (Å²) >= 11 is 5.98. The number of aromatic nitrogens is 1. The van der Waals surface area contributed by atoms with Crippen LogP contribution in [0, 0.1) is 17.1 Å². The van der Waals surface area contributed by atoms with Gasteiger partial charge in [-0.15, -0.1) is 0 Å². The molecule has 3 rings (SSSR count). The number of nitrogens with zero attached hydrogens (tertiary/aromatic N) is 3. The maximum absolute atomic E-state index is 14.5. The van der Waals surface area contributed by atoms with Gasteiger partial charge in [0.1, 0.15) is 17.6 Å². The van der Waals surface area contributed by atoms with Gasteiger partial charge in [0, 0.05) is 18.2 Å². The molecule has 2 N–H and O–H groups in total. The van der Waals surface area contributed by atoms with E-state index in [1.165, 1.54) is 18.3 Å². The highest BCUT2D eigenvalue weighted by Gasteiger charge is 2.56. The second kappa shape index (κ2) is 7.37. The van der Waals surface area contributed by atoms with Crippen molar-refractivity contribution < 1.29 is 22.7 Å². The Morgan fingerprint density at radius 2 is 2.14 bits per heavy atom. The number of pyridine rings is 1. The first-order valence-electron chi connectivity index (χ1n) is 8.31. The number of carbonyl (C=O) groups excluding carboxylic acids is 1. The van der Waals surface area contributed by atoms with E-state index in [-0.39, 0.29) is 28.3 Å². The number of carbonyl (C=O) groups is 1. The SMILES string of the molecule is C[C@]1(c2cc(CC(=O)c3ncc(C#N)cc3Cl)ccc2F)N=C(N)OCC1(F)F. The molecule has 0 spiro atoms. The van der Waals surface area contributed by atoms with Gasteiger partial charge >= 0.3 is 5.92 Å². The van der Waals surface area contributed by atoms with Crippen LogP contribution in [0.2, 0.25) is 5.02 Å². The van der Waals surface area contributed by atoms with Crippen LogP contribution in [0.5, 0.6) is 0 Å². The molecule has 0 unspecified atom stereocenters. The van der Waals surface area contributed by atoms with Crippen molar-refractivity contribution in [3.63, 3.8) is 0 Å². The third kappa shape index (κ3) is 3.76. The monoisotopic (exact) mass is 422 g/mol. The quantitative estimate of drug-likeness (QED) is 0.761. The molecule has 0 amide bonds. The van der Waals surface area contributed by atoms with Crippen LogP contribution in [-0.2, 0) is 16.7 Å². The van der Waals surface area contributed by atoms with E-state index < -0.39 is 41.3 Å². The molecular weight excluding hydrogens is 409 g/mol. The predicted molar refractivity (Wildman–Crippen MR) is 98.3 cm³/mol. The van der Waals surface area contributed by atoms with E-state index in [2.05, 4.69) is 14.7 Å². The summed E-state index contributed by atoms with van der Waals surface area (Å²) in [5.74, 6) is -4.97. The van der Waals surface area contributed by atoms with Gasteiger partial charge in [-0.1, -0.05) is 17.7 Å². The lowest BCUT2D eigenvalue weighted by atomic mass is 9.84. The van der Waals surface area contributed by atoms with Crippen LogP contribution < -0.4 is 5.73 Å². The fourth-order valence-electron chi connectivity index (χ4n) is 2.93. The Hall–Kier alpha value is -3.12. The largest absolute Gasteiger partial charge is 0.459 e. The number of aliphatic imine (C=N–C) groups is 1. The Bertz CT molecular complexity index is 1070. The van der Waals surface area contributed by atoms with Crippen molar-refractivity contribution in [2.24, 2.45) is 10.7 Å². The molecule has 1 aliphatic heterocycles. The van der Waals surface area contributed by atoms with E-state index in [1.807, 2.05) is 6.07 Å². The van der Waals surface area contributed by atoms with Gasteiger partial charge in [0.25, 0.3) is 6.02 Å². The predicted octanol–water partition coefficient (Wildman–Crippen LogP) is 3.37. The van der Waals surface area contributed by atoms with Gasteiger partial charge in [0.2, 0.25) is 0 Å². The molecule has 0 radical (unpaired) electrons. The van der Waals surface area contributed by atoms with Crippen molar-refractivity contribution in [3.8, 4) is 6.07 Å². The number of nitriles is 1. The Labute approximate surface area is 168 Å². The molecule has 0 saturated carbocycles. The third-order valence-corrected chi connectivity index (χ3v) is 4.89. The van der Waals surface area contributed by atoms with E-state index in [0.717, 1.165) is 19.1 Å². The third-order valence-electron chi connectivity index (χ3n) is 4.60. The van der Waals surface area contributed by atoms with Crippen LogP contribution in [-0.4, -0.2) is 29.3 Å². The van der Waals surface area contributed by atoms with Gasteiger partial charge in [-0.3, -0.25) is 9.78 Å². The van der Waals surface area contributed by atoms with Crippen molar-refractivity contribution in [2.45, 2.75) is 24.8 Å². The zero-order valence-electron chi connectivity index (χ0n) is 15.0. The van der Waals surface area contributed by atoms with Crippen molar-refractivity contribution in [2.75, 3.05) is 6.61 Å². The normalized spacial score (nSPS) is 20.3. The summed E-state index contributed by atoms with van der Waals surface area (Å²) in [5.41, 5.74) is 3.06. The maximum atomic E-state index is 14.5. The number of halogens is 4. The average Bonchev–Trinajstić information content (AvgIpc) is 2.66. The Kier molecular flexibility index (Phi) is 5.24. The highest BCUT2D eigenvalue weighted by atomic mass is 35.5. The summed E-state index contributed by atoms with van der Waals surface area (Å²) in [4.78, 5) is 20.0. The van der Waals surface area contributed by atoms with Crippen molar-refractivity contribution >= 4 is 23.4 Å². The topological polar surface area (TPSA) is 101 Å².